The molecule has 0 bridgehead atoms. The predicted molar refractivity (Wildman–Crippen MR) is 117 cm³/mol. The molecule has 0 aliphatic rings. The maximum absolute atomic E-state index is 2.39. The summed E-state index contributed by atoms with van der Waals surface area (Å²) in [6.07, 6.45) is 29.7. The van der Waals surface area contributed by atoms with E-state index in [9.17, 15) is 0 Å². The molecule has 0 aliphatic carbocycles. The van der Waals surface area contributed by atoms with E-state index in [1.54, 1.807) is 18.5 Å². The molecule has 0 aromatic heterocycles. The third-order valence-electron chi connectivity index (χ3n) is 5.20. The van der Waals surface area contributed by atoms with Gasteiger partial charge in [-0.25, -0.2) is 0 Å². The van der Waals surface area contributed by atoms with Gasteiger partial charge in [0, 0.05) is 0 Å². The monoisotopic (exact) mass is 356 g/mol. The standard InChI is InChI=1S/C23H49P/c1-4-7-9-11-13-15-17-19-22-24(21-6-3)23-20-18-16-14-12-10-8-5-2/h4-23H2,1-3H3. The van der Waals surface area contributed by atoms with Gasteiger partial charge < -0.3 is 0 Å². The number of unbranched alkanes of at least 4 members (excludes halogenated alkanes) is 14. The highest BCUT2D eigenvalue weighted by Gasteiger charge is 2.06. The SMILES string of the molecule is CCCCCCCCCCP(CCC)CCCCCCCCCC. The third-order valence-corrected chi connectivity index (χ3v) is 8.17. The van der Waals surface area contributed by atoms with Crippen LogP contribution in [-0.2, 0) is 0 Å². The van der Waals surface area contributed by atoms with Gasteiger partial charge in [0.1, 0.15) is 0 Å². The van der Waals surface area contributed by atoms with Gasteiger partial charge in [-0.2, -0.15) is 0 Å². The Morgan fingerprint density at radius 2 is 0.667 bits per heavy atom. The first-order valence-electron chi connectivity index (χ1n) is 11.6. The molecule has 24 heavy (non-hydrogen) atoms. The van der Waals surface area contributed by atoms with Gasteiger partial charge in [0.05, 0.1) is 0 Å². The van der Waals surface area contributed by atoms with Gasteiger partial charge in [0.2, 0.25) is 0 Å². The first kappa shape index (κ1) is 24.4. The molecule has 0 atom stereocenters. The normalized spacial score (nSPS) is 11.5. The van der Waals surface area contributed by atoms with Crippen molar-refractivity contribution in [3.8, 4) is 0 Å². The van der Waals surface area contributed by atoms with Crippen molar-refractivity contribution < 1.29 is 0 Å². The summed E-state index contributed by atoms with van der Waals surface area (Å²) in [4.78, 5) is 0. The second kappa shape index (κ2) is 21.5. The van der Waals surface area contributed by atoms with Crippen LogP contribution in [0, 0.1) is 0 Å². The van der Waals surface area contributed by atoms with Crippen LogP contribution in [0.25, 0.3) is 0 Å². The summed E-state index contributed by atoms with van der Waals surface area (Å²) >= 11 is 0. The quantitative estimate of drug-likeness (QED) is 0.151. The van der Waals surface area contributed by atoms with Crippen molar-refractivity contribution in [1.82, 2.24) is 0 Å². The lowest BCUT2D eigenvalue weighted by atomic mass is 10.1. The molecule has 1 heteroatoms. The molecule has 0 nitrogen and oxygen atoms in total. The van der Waals surface area contributed by atoms with E-state index in [4.69, 9.17) is 0 Å². The fourth-order valence-electron chi connectivity index (χ4n) is 3.59. The van der Waals surface area contributed by atoms with E-state index < -0.39 is 0 Å². The lowest BCUT2D eigenvalue weighted by Gasteiger charge is -2.17. The van der Waals surface area contributed by atoms with Gasteiger partial charge >= 0.3 is 0 Å². The Labute approximate surface area is 156 Å². The van der Waals surface area contributed by atoms with Crippen LogP contribution in [-0.4, -0.2) is 18.5 Å². The maximum Gasteiger partial charge on any atom is -0.0326 e. The highest BCUT2D eigenvalue weighted by Crippen LogP contribution is 2.38. The number of hydrogen-bond donors (Lipinski definition) is 0. The van der Waals surface area contributed by atoms with E-state index in [0.29, 0.717) is 7.92 Å². The van der Waals surface area contributed by atoms with Crippen LogP contribution in [0.4, 0.5) is 0 Å². The first-order chi connectivity index (χ1) is 11.8. The summed E-state index contributed by atoms with van der Waals surface area (Å²) in [6.45, 7) is 7.00. The van der Waals surface area contributed by atoms with Crippen LogP contribution < -0.4 is 0 Å². The van der Waals surface area contributed by atoms with E-state index in [1.165, 1.54) is 109 Å². The molecule has 146 valence electrons. The second-order valence-electron chi connectivity index (χ2n) is 7.79. The van der Waals surface area contributed by atoms with Crippen molar-refractivity contribution in [1.29, 1.82) is 0 Å². The van der Waals surface area contributed by atoms with Crippen LogP contribution in [0.2, 0.25) is 0 Å². The topological polar surface area (TPSA) is 0 Å². The summed E-state index contributed by atoms with van der Waals surface area (Å²) < 4.78 is 0. The zero-order chi connectivity index (χ0) is 17.7. The van der Waals surface area contributed by atoms with Crippen molar-refractivity contribution >= 4 is 7.92 Å². The summed E-state index contributed by atoms with van der Waals surface area (Å²) in [5.41, 5.74) is 0. The Morgan fingerprint density at radius 1 is 0.333 bits per heavy atom. The van der Waals surface area contributed by atoms with Gasteiger partial charge in [-0.3, -0.25) is 0 Å². The van der Waals surface area contributed by atoms with Crippen molar-refractivity contribution in [2.45, 2.75) is 130 Å². The van der Waals surface area contributed by atoms with Gasteiger partial charge in [-0.1, -0.05) is 117 Å². The molecule has 0 aliphatic heterocycles. The highest BCUT2D eigenvalue weighted by molar-refractivity contribution is 7.57. The van der Waals surface area contributed by atoms with Crippen LogP contribution in [0.1, 0.15) is 130 Å². The highest BCUT2D eigenvalue weighted by atomic mass is 31.1. The smallest absolute Gasteiger partial charge is 0.0326 e. The van der Waals surface area contributed by atoms with Gasteiger partial charge in [-0.05, 0) is 31.3 Å². The van der Waals surface area contributed by atoms with E-state index >= 15 is 0 Å². The molecule has 0 rings (SSSR count). The summed E-state index contributed by atoms with van der Waals surface area (Å²) in [6, 6.07) is 0. The second-order valence-corrected chi connectivity index (χ2v) is 10.5. The van der Waals surface area contributed by atoms with Crippen LogP contribution in [0.15, 0.2) is 0 Å². The minimum atomic E-state index is 0.379. The van der Waals surface area contributed by atoms with Crippen molar-refractivity contribution in [3.63, 3.8) is 0 Å². The Balaban J connectivity index is 3.43. The van der Waals surface area contributed by atoms with E-state index in [2.05, 4.69) is 20.8 Å². The van der Waals surface area contributed by atoms with Crippen LogP contribution in [0.3, 0.4) is 0 Å². The number of hydrogen-bond acceptors (Lipinski definition) is 0. The predicted octanol–water partition coefficient (Wildman–Crippen LogP) is 9.16. The average Bonchev–Trinajstić information content (AvgIpc) is 2.59. The largest absolute Gasteiger partial charge is 0.107 e. The van der Waals surface area contributed by atoms with Crippen LogP contribution >= 0.6 is 7.92 Å². The van der Waals surface area contributed by atoms with Crippen molar-refractivity contribution in [2.75, 3.05) is 18.5 Å². The first-order valence-corrected chi connectivity index (χ1v) is 13.5. The summed E-state index contributed by atoms with van der Waals surface area (Å²) in [5.74, 6) is 0. The molecule has 0 aromatic rings. The van der Waals surface area contributed by atoms with Gasteiger partial charge in [0.25, 0.3) is 0 Å². The van der Waals surface area contributed by atoms with Gasteiger partial charge in [-0.15, -0.1) is 7.92 Å². The molecular formula is C23H49P. The molecule has 0 heterocycles. The molecule has 0 amide bonds. The molecule has 0 radical (unpaired) electrons. The van der Waals surface area contributed by atoms with Crippen molar-refractivity contribution in [3.05, 3.63) is 0 Å². The van der Waals surface area contributed by atoms with E-state index in [0.717, 1.165) is 0 Å². The molecule has 0 fully saturated rings. The van der Waals surface area contributed by atoms with E-state index in [1.807, 2.05) is 0 Å². The third kappa shape index (κ3) is 18.8. The van der Waals surface area contributed by atoms with Gasteiger partial charge in [0.15, 0.2) is 0 Å². The lowest BCUT2D eigenvalue weighted by molar-refractivity contribution is 0.583. The Bertz CT molecular complexity index is 194. The zero-order valence-electron chi connectivity index (χ0n) is 17.6. The fourth-order valence-corrected chi connectivity index (χ4v) is 6.24. The minimum Gasteiger partial charge on any atom is -0.107 e. The summed E-state index contributed by atoms with van der Waals surface area (Å²) in [7, 11) is 0.379. The molecule has 0 unspecified atom stereocenters. The average molecular weight is 357 g/mol. The summed E-state index contributed by atoms with van der Waals surface area (Å²) in [5, 5.41) is 0. The van der Waals surface area contributed by atoms with Crippen molar-refractivity contribution in [2.24, 2.45) is 0 Å². The minimum absolute atomic E-state index is 0.379. The fraction of sp³-hybridized carbons (Fsp3) is 1.00. The Kier molecular flexibility index (Phi) is 21.9. The Hall–Kier alpha value is 0.430. The van der Waals surface area contributed by atoms with Crippen LogP contribution in [0.5, 0.6) is 0 Å². The number of rotatable bonds is 20. The molecular weight excluding hydrogens is 307 g/mol. The molecule has 0 N–H and O–H groups in total. The molecule has 0 aromatic carbocycles. The molecule has 0 saturated heterocycles. The molecule has 0 saturated carbocycles. The lowest BCUT2D eigenvalue weighted by Crippen LogP contribution is -1.96. The zero-order valence-corrected chi connectivity index (χ0v) is 18.5. The maximum atomic E-state index is 2.39. The van der Waals surface area contributed by atoms with E-state index in [-0.39, 0.29) is 0 Å². The Morgan fingerprint density at radius 3 is 1.00 bits per heavy atom. The molecule has 0 spiro atoms.